The van der Waals surface area contributed by atoms with Crippen LogP contribution in [0.3, 0.4) is 0 Å². The van der Waals surface area contributed by atoms with Gasteiger partial charge in [-0.2, -0.15) is 0 Å². The van der Waals surface area contributed by atoms with E-state index in [1.165, 1.54) is 12.8 Å². The van der Waals surface area contributed by atoms with Crippen LogP contribution in [0.4, 0.5) is 0 Å². The van der Waals surface area contributed by atoms with E-state index in [0.717, 1.165) is 18.5 Å². The summed E-state index contributed by atoms with van der Waals surface area (Å²) in [5.41, 5.74) is 7.00. The van der Waals surface area contributed by atoms with Gasteiger partial charge in [0.1, 0.15) is 6.10 Å². The Labute approximate surface area is 100 Å². The number of nitrogens with two attached hydrogens (primary N) is 1. The largest absolute Gasteiger partial charge is 0.474 e. The fourth-order valence-electron chi connectivity index (χ4n) is 2.04. The second-order valence-corrected chi connectivity index (χ2v) is 4.31. The lowest BCUT2D eigenvalue weighted by molar-refractivity contribution is 0.200. The highest BCUT2D eigenvalue weighted by atomic mass is 16.5. The molecule has 3 N–H and O–H groups in total. The van der Waals surface area contributed by atoms with Crippen molar-refractivity contribution in [3.05, 3.63) is 23.4 Å². The van der Waals surface area contributed by atoms with Crippen molar-refractivity contribution in [3.63, 3.8) is 0 Å². The first-order chi connectivity index (χ1) is 8.20. The van der Waals surface area contributed by atoms with E-state index < -0.39 is 0 Å². The summed E-state index contributed by atoms with van der Waals surface area (Å²) in [4.78, 5) is 4.31. The van der Waals surface area contributed by atoms with Crippen LogP contribution in [0.1, 0.15) is 36.9 Å². The number of rotatable bonds is 3. The monoisotopic (exact) mass is 235 g/mol. The van der Waals surface area contributed by atoms with Crippen LogP contribution in [0, 0.1) is 6.92 Å². The molecule has 0 radical (unpaired) electrons. The van der Waals surface area contributed by atoms with Crippen LogP contribution in [-0.4, -0.2) is 22.1 Å². The van der Waals surface area contributed by atoms with E-state index in [0.29, 0.717) is 11.4 Å². The third-order valence-corrected chi connectivity index (χ3v) is 2.96. The zero-order valence-corrected chi connectivity index (χ0v) is 9.89. The van der Waals surface area contributed by atoms with E-state index in [1.54, 1.807) is 6.07 Å². The SMILES string of the molecule is Cc1ccc(C(N)=NO)c(OC2CCCC2)n1. The van der Waals surface area contributed by atoms with Crippen LogP contribution in [0.15, 0.2) is 17.3 Å². The first-order valence-electron chi connectivity index (χ1n) is 5.83. The molecule has 1 heterocycles. The molecule has 0 spiro atoms. The minimum atomic E-state index is 0.0329. The molecule has 0 aromatic carbocycles. The summed E-state index contributed by atoms with van der Waals surface area (Å²) in [6, 6.07) is 3.58. The first kappa shape index (κ1) is 11.7. The molecule has 1 fully saturated rings. The number of pyridine rings is 1. The molecule has 92 valence electrons. The van der Waals surface area contributed by atoms with Gasteiger partial charge in [0.25, 0.3) is 0 Å². The second kappa shape index (κ2) is 5.03. The molecule has 1 aromatic heterocycles. The molecular weight excluding hydrogens is 218 g/mol. The predicted octanol–water partition coefficient (Wildman–Crippen LogP) is 1.81. The van der Waals surface area contributed by atoms with Gasteiger partial charge in [-0.3, -0.25) is 0 Å². The maximum Gasteiger partial charge on any atom is 0.225 e. The minimum absolute atomic E-state index is 0.0329. The fourth-order valence-corrected chi connectivity index (χ4v) is 2.04. The number of oxime groups is 1. The van der Waals surface area contributed by atoms with Gasteiger partial charge in [0.15, 0.2) is 5.84 Å². The van der Waals surface area contributed by atoms with Crippen LogP contribution in [0.2, 0.25) is 0 Å². The molecule has 0 bridgehead atoms. The van der Waals surface area contributed by atoms with E-state index >= 15 is 0 Å². The van der Waals surface area contributed by atoms with Crippen molar-refractivity contribution >= 4 is 5.84 Å². The lowest BCUT2D eigenvalue weighted by Gasteiger charge is -2.15. The second-order valence-electron chi connectivity index (χ2n) is 4.31. The summed E-state index contributed by atoms with van der Waals surface area (Å²) in [6.07, 6.45) is 4.68. The molecule has 1 aromatic rings. The van der Waals surface area contributed by atoms with Crippen molar-refractivity contribution in [2.24, 2.45) is 10.9 Å². The van der Waals surface area contributed by atoms with Crippen molar-refractivity contribution in [2.45, 2.75) is 38.7 Å². The van der Waals surface area contributed by atoms with Crippen molar-refractivity contribution in [1.82, 2.24) is 4.98 Å². The molecule has 17 heavy (non-hydrogen) atoms. The van der Waals surface area contributed by atoms with Crippen LogP contribution >= 0.6 is 0 Å². The van der Waals surface area contributed by atoms with E-state index in [-0.39, 0.29) is 11.9 Å². The molecule has 0 aliphatic heterocycles. The Morgan fingerprint density at radius 3 is 2.82 bits per heavy atom. The van der Waals surface area contributed by atoms with Gasteiger partial charge in [0.2, 0.25) is 5.88 Å². The number of hydrogen-bond donors (Lipinski definition) is 2. The molecule has 2 rings (SSSR count). The number of amidine groups is 1. The van der Waals surface area contributed by atoms with Gasteiger partial charge in [0, 0.05) is 5.69 Å². The van der Waals surface area contributed by atoms with Crippen LogP contribution < -0.4 is 10.5 Å². The number of aryl methyl sites for hydroxylation is 1. The quantitative estimate of drug-likeness (QED) is 0.362. The van der Waals surface area contributed by atoms with Crippen molar-refractivity contribution in [1.29, 1.82) is 0 Å². The van der Waals surface area contributed by atoms with Crippen molar-refractivity contribution in [2.75, 3.05) is 0 Å². The van der Waals surface area contributed by atoms with Gasteiger partial charge in [-0.25, -0.2) is 4.98 Å². The lowest BCUT2D eigenvalue weighted by Crippen LogP contribution is -2.19. The van der Waals surface area contributed by atoms with Crippen molar-refractivity contribution in [3.8, 4) is 5.88 Å². The summed E-state index contributed by atoms with van der Waals surface area (Å²) < 4.78 is 5.83. The Morgan fingerprint density at radius 1 is 1.47 bits per heavy atom. The van der Waals surface area contributed by atoms with Gasteiger partial charge >= 0.3 is 0 Å². The van der Waals surface area contributed by atoms with Gasteiger partial charge < -0.3 is 15.7 Å². The van der Waals surface area contributed by atoms with Crippen LogP contribution in [-0.2, 0) is 0 Å². The van der Waals surface area contributed by atoms with E-state index in [2.05, 4.69) is 10.1 Å². The smallest absolute Gasteiger partial charge is 0.225 e. The topological polar surface area (TPSA) is 80.7 Å². The zero-order chi connectivity index (χ0) is 12.3. The zero-order valence-electron chi connectivity index (χ0n) is 9.89. The van der Waals surface area contributed by atoms with E-state index in [1.807, 2.05) is 13.0 Å². The molecular formula is C12H17N3O2. The fraction of sp³-hybridized carbons (Fsp3) is 0.500. The summed E-state index contributed by atoms with van der Waals surface area (Å²) in [5.74, 6) is 0.498. The van der Waals surface area contributed by atoms with Gasteiger partial charge in [0.05, 0.1) is 5.56 Å². The minimum Gasteiger partial charge on any atom is -0.474 e. The maximum atomic E-state index is 8.72. The van der Waals surface area contributed by atoms with Gasteiger partial charge in [-0.1, -0.05) is 5.16 Å². The van der Waals surface area contributed by atoms with E-state index in [4.69, 9.17) is 15.7 Å². The molecule has 5 heteroatoms. The Bertz CT molecular complexity index is 426. The van der Waals surface area contributed by atoms with Crippen LogP contribution in [0.25, 0.3) is 0 Å². The number of nitrogens with zero attached hydrogens (tertiary/aromatic N) is 2. The summed E-state index contributed by atoms with van der Waals surface area (Å²) in [6.45, 7) is 1.89. The van der Waals surface area contributed by atoms with Crippen molar-refractivity contribution < 1.29 is 9.94 Å². The molecule has 0 atom stereocenters. The van der Waals surface area contributed by atoms with Crippen LogP contribution in [0.5, 0.6) is 5.88 Å². The third kappa shape index (κ3) is 2.67. The first-order valence-corrected chi connectivity index (χ1v) is 5.83. The average Bonchev–Trinajstić information content (AvgIpc) is 2.81. The Kier molecular flexibility index (Phi) is 3.46. The van der Waals surface area contributed by atoms with Gasteiger partial charge in [-0.15, -0.1) is 0 Å². The summed E-state index contributed by atoms with van der Waals surface area (Å²) >= 11 is 0. The maximum absolute atomic E-state index is 8.72. The Hall–Kier alpha value is -1.78. The molecule has 0 saturated heterocycles. The number of hydrogen-bond acceptors (Lipinski definition) is 4. The highest BCUT2D eigenvalue weighted by Gasteiger charge is 2.20. The molecule has 0 amide bonds. The highest BCUT2D eigenvalue weighted by molar-refractivity contribution is 5.99. The predicted molar refractivity (Wildman–Crippen MR) is 64.4 cm³/mol. The summed E-state index contributed by atoms with van der Waals surface area (Å²) in [7, 11) is 0. The number of aromatic nitrogens is 1. The third-order valence-electron chi connectivity index (χ3n) is 2.96. The van der Waals surface area contributed by atoms with Gasteiger partial charge in [-0.05, 0) is 44.7 Å². The molecule has 5 nitrogen and oxygen atoms in total. The van der Waals surface area contributed by atoms with E-state index in [9.17, 15) is 0 Å². The lowest BCUT2D eigenvalue weighted by atomic mass is 10.2. The molecule has 0 unspecified atom stereocenters. The molecule has 1 aliphatic carbocycles. The molecule has 1 saturated carbocycles. The highest BCUT2D eigenvalue weighted by Crippen LogP contribution is 2.25. The summed E-state index contributed by atoms with van der Waals surface area (Å²) in [5, 5.41) is 11.7. The average molecular weight is 235 g/mol. The standard InChI is InChI=1S/C12H17N3O2/c1-8-6-7-10(11(13)15-16)12(14-8)17-9-4-2-3-5-9/h6-7,9,16H,2-5H2,1H3,(H2,13,15). The molecule has 1 aliphatic rings. The normalized spacial score (nSPS) is 17.4. The Morgan fingerprint density at radius 2 is 2.18 bits per heavy atom. The Balaban J connectivity index is 2.26. The number of ether oxygens (including phenoxy) is 1.